The van der Waals surface area contributed by atoms with E-state index in [0.29, 0.717) is 68.0 Å². The van der Waals surface area contributed by atoms with E-state index in [1.165, 1.54) is 37.7 Å². The van der Waals surface area contributed by atoms with Crippen molar-refractivity contribution in [3.63, 3.8) is 0 Å². The lowest BCUT2D eigenvalue weighted by Crippen LogP contribution is -2.52. The predicted octanol–water partition coefficient (Wildman–Crippen LogP) is 5.99. The summed E-state index contributed by atoms with van der Waals surface area (Å²) in [5.74, 6) is 3.72. The Morgan fingerprint density at radius 1 is 1.05 bits per heavy atom. The predicted molar refractivity (Wildman–Crippen MR) is 161 cm³/mol. The fourth-order valence-corrected chi connectivity index (χ4v) is 10.4. The molecule has 2 aliphatic heterocycles. The summed E-state index contributed by atoms with van der Waals surface area (Å²) in [4.78, 5) is 14.9. The highest BCUT2D eigenvalue weighted by atomic mass is 16.5. The second kappa shape index (κ2) is 12.1. The zero-order valence-corrected chi connectivity index (χ0v) is 26.4. The maximum absolute atomic E-state index is 12.2. The fraction of sp³-hybridized carbons (Fsp3) is 0.857. The number of ketones is 1. The van der Waals surface area contributed by atoms with Gasteiger partial charge in [-0.1, -0.05) is 37.5 Å². The molecule has 4 aliphatic carbocycles. The van der Waals surface area contributed by atoms with E-state index in [1.807, 2.05) is 6.08 Å². The van der Waals surface area contributed by atoms with Crippen molar-refractivity contribution in [3.05, 3.63) is 22.8 Å². The van der Waals surface area contributed by atoms with Gasteiger partial charge in [0.2, 0.25) is 0 Å². The van der Waals surface area contributed by atoms with Crippen molar-refractivity contribution in [1.29, 1.82) is 0 Å². The second-order valence-electron chi connectivity index (χ2n) is 14.7. The average molecular weight is 570 g/mol. The number of likely N-dealkylation sites (tertiary alicyclic amines) is 1. The summed E-state index contributed by atoms with van der Waals surface area (Å²) in [7, 11) is 1.70. The zero-order chi connectivity index (χ0) is 28.8. The maximum atomic E-state index is 12.2. The molecule has 6 nitrogen and oxygen atoms in total. The first-order valence-electron chi connectivity index (χ1n) is 16.7. The monoisotopic (exact) mass is 569 g/mol. The lowest BCUT2D eigenvalue weighted by Gasteiger charge is -2.48. The average Bonchev–Trinajstić information content (AvgIpc) is 3.40. The Bertz CT molecular complexity index is 1040. The van der Waals surface area contributed by atoms with Gasteiger partial charge < -0.3 is 18.9 Å². The topological polar surface area (TPSA) is 57.2 Å². The normalized spacial score (nSPS) is 42.5. The zero-order valence-electron chi connectivity index (χ0n) is 26.4. The highest BCUT2D eigenvalue weighted by molar-refractivity contribution is 5.91. The summed E-state index contributed by atoms with van der Waals surface area (Å²) in [5, 5.41) is 0. The minimum absolute atomic E-state index is 0.0362. The number of fused-ring (bicyclic) bond motifs is 6. The van der Waals surface area contributed by atoms with Crippen LogP contribution in [0.4, 0.5) is 0 Å². The van der Waals surface area contributed by atoms with Crippen molar-refractivity contribution in [2.45, 2.75) is 103 Å². The molecule has 2 saturated carbocycles. The van der Waals surface area contributed by atoms with Gasteiger partial charge in [-0.15, -0.1) is 0 Å². The van der Waals surface area contributed by atoms with E-state index in [9.17, 15) is 4.79 Å². The minimum atomic E-state index is -0.0362. The Hall–Kier alpha value is -1.05. The Balaban J connectivity index is 1.13. The molecule has 41 heavy (non-hydrogen) atoms. The molecular formula is C35H55NO5. The molecular weight excluding hydrogens is 514 g/mol. The van der Waals surface area contributed by atoms with Crippen LogP contribution in [0, 0.1) is 35.0 Å². The van der Waals surface area contributed by atoms with Gasteiger partial charge in [-0.25, -0.2) is 0 Å². The van der Waals surface area contributed by atoms with E-state index >= 15 is 0 Å². The lowest BCUT2D eigenvalue weighted by atomic mass is 9.56. The van der Waals surface area contributed by atoms with Crippen molar-refractivity contribution in [1.82, 2.24) is 4.90 Å². The fourth-order valence-electron chi connectivity index (χ4n) is 10.4. The number of carbonyl (C=O) groups excluding carboxylic acids is 1. The molecule has 1 spiro atoms. The van der Waals surface area contributed by atoms with E-state index in [2.05, 4.69) is 32.6 Å². The number of ether oxygens (including phenoxy) is 4. The summed E-state index contributed by atoms with van der Waals surface area (Å²) in [6.45, 7) is 15.2. The molecule has 0 aromatic rings. The van der Waals surface area contributed by atoms with Gasteiger partial charge in [0.1, 0.15) is 0 Å². The van der Waals surface area contributed by atoms with E-state index < -0.39 is 0 Å². The Labute approximate surface area is 248 Å². The van der Waals surface area contributed by atoms with Crippen LogP contribution in [0.1, 0.15) is 85.5 Å². The molecule has 0 amide bonds. The second-order valence-corrected chi connectivity index (χ2v) is 14.7. The molecule has 6 rings (SSSR count). The standard InChI is InChI=1S/C35H55NO5/c1-23-18-32-33(36(22-23)12-13-39-16-17-40-15-14-38-5)25(3)35(41-32)11-9-28-29-7-6-26-19-27(37)8-10-34(26,4)31(29)20-30(28)24(2)21-35/h19,23,25,28-29,31-33H,6-18,20-22H2,1-5H3. The number of rotatable bonds is 9. The third-order valence-electron chi connectivity index (χ3n) is 12.5. The van der Waals surface area contributed by atoms with Crippen LogP contribution >= 0.6 is 0 Å². The van der Waals surface area contributed by atoms with Crippen molar-refractivity contribution < 1.29 is 23.7 Å². The van der Waals surface area contributed by atoms with E-state index in [1.54, 1.807) is 18.3 Å². The smallest absolute Gasteiger partial charge is 0.155 e. The van der Waals surface area contributed by atoms with Crippen LogP contribution in [-0.2, 0) is 23.7 Å². The van der Waals surface area contributed by atoms with Crippen molar-refractivity contribution >= 4 is 5.78 Å². The molecule has 9 unspecified atom stereocenters. The summed E-state index contributed by atoms with van der Waals surface area (Å²) in [6.07, 6.45) is 12.5. The van der Waals surface area contributed by atoms with Crippen LogP contribution in [0.15, 0.2) is 22.8 Å². The highest BCUT2D eigenvalue weighted by Crippen LogP contribution is 2.64. The molecule has 230 valence electrons. The first-order valence-corrected chi connectivity index (χ1v) is 16.7. The van der Waals surface area contributed by atoms with E-state index in [4.69, 9.17) is 18.9 Å². The molecule has 0 radical (unpaired) electrons. The Morgan fingerprint density at radius 3 is 2.63 bits per heavy atom. The number of hydrogen-bond donors (Lipinski definition) is 0. The Morgan fingerprint density at radius 2 is 1.83 bits per heavy atom. The summed E-state index contributed by atoms with van der Waals surface area (Å²) in [6, 6.07) is 0.484. The molecule has 6 heteroatoms. The number of allylic oxidation sites excluding steroid dienone is 3. The van der Waals surface area contributed by atoms with E-state index in [-0.39, 0.29) is 11.0 Å². The number of piperidine rings is 1. The highest BCUT2D eigenvalue weighted by Gasteiger charge is 2.59. The van der Waals surface area contributed by atoms with Gasteiger partial charge in [0.05, 0.1) is 44.7 Å². The van der Waals surface area contributed by atoms with Crippen LogP contribution in [0.5, 0.6) is 0 Å². The van der Waals surface area contributed by atoms with Crippen LogP contribution in [0.3, 0.4) is 0 Å². The summed E-state index contributed by atoms with van der Waals surface area (Å²) in [5.41, 5.74) is 5.06. The summed E-state index contributed by atoms with van der Waals surface area (Å²) < 4.78 is 23.9. The van der Waals surface area contributed by atoms with Gasteiger partial charge in [-0.05, 0) is 93.5 Å². The van der Waals surface area contributed by atoms with Crippen molar-refractivity contribution in [3.8, 4) is 0 Å². The molecule has 9 atom stereocenters. The third-order valence-corrected chi connectivity index (χ3v) is 12.5. The van der Waals surface area contributed by atoms with Gasteiger partial charge >= 0.3 is 0 Å². The van der Waals surface area contributed by atoms with Gasteiger partial charge in [-0.2, -0.15) is 0 Å². The SMILES string of the molecule is COCCOCCOCCN1CC(C)CC2OC3(CCC4C(=C(C)C3)CC3C4CCC4=CC(=O)CCC43C)C(C)C21. The number of carbonyl (C=O) groups is 1. The first-order chi connectivity index (χ1) is 19.8. The van der Waals surface area contributed by atoms with E-state index in [0.717, 1.165) is 51.3 Å². The molecule has 2 saturated heterocycles. The Kier molecular flexibility index (Phi) is 8.89. The molecule has 2 heterocycles. The molecule has 0 aromatic heterocycles. The molecule has 0 aromatic carbocycles. The molecule has 0 N–H and O–H groups in total. The quantitative estimate of drug-likeness (QED) is 0.251. The maximum Gasteiger partial charge on any atom is 0.155 e. The van der Waals surface area contributed by atoms with Gasteiger partial charge in [0.25, 0.3) is 0 Å². The molecule has 0 bridgehead atoms. The molecule has 6 aliphatic rings. The number of nitrogens with zero attached hydrogens (tertiary/aromatic N) is 1. The first kappa shape index (κ1) is 30.0. The van der Waals surface area contributed by atoms with Crippen molar-refractivity contribution in [2.75, 3.05) is 53.2 Å². The van der Waals surface area contributed by atoms with Gasteiger partial charge in [0, 0.05) is 38.6 Å². The van der Waals surface area contributed by atoms with Crippen LogP contribution in [0.25, 0.3) is 0 Å². The van der Waals surface area contributed by atoms with Gasteiger partial charge in [-0.3, -0.25) is 9.69 Å². The number of methoxy groups -OCH3 is 1. The van der Waals surface area contributed by atoms with Crippen LogP contribution in [-0.4, -0.2) is 81.7 Å². The largest absolute Gasteiger partial charge is 0.382 e. The third kappa shape index (κ3) is 5.54. The van der Waals surface area contributed by atoms with Crippen molar-refractivity contribution in [2.24, 2.45) is 35.0 Å². The minimum Gasteiger partial charge on any atom is -0.382 e. The number of hydrogen-bond acceptors (Lipinski definition) is 6. The van der Waals surface area contributed by atoms with Crippen LogP contribution < -0.4 is 0 Å². The molecule has 4 fully saturated rings. The van der Waals surface area contributed by atoms with Crippen LogP contribution in [0.2, 0.25) is 0 Å². The summed E-state index contributed by atoms with van der Waals surface area (Å²) >= 11 is 0. The van der Waals surface area contributed by atoms with Gasteiger partial charge in [0.15, 0.2) is 5.78 Å². The lowest BCUT2D eigenvalue weighted by molar-refractivity contribution is -0.116.